The first kappa shape index (κ1) is 17.7. The summed E-state index contributed by atoms with van der Waals surface area (Å²) in [7, 11) is 1.65. The molecule has 2 heterocycles. The van der Waals surface area contributed by atoms with E-state index >= 15 is 0 Å². The molecule has 0 saturated carbocycles. The highest BCUT2D eigenvalue weighted by Gasteiger charge is 2.12. The van der Waals surface area contributed by atoms with E-state index in [1.165, 1.54) is 23.9 Å². The molecular weight excluding hydrogens is 385 g/mol. The van der Waals surface area contributed by atoms with Crippen LogP contribution in [0.4, 0.5) is 4.39 Å². The van der Waals surface area contributed by atoms with Gasteiger partial charge < -0.3 is 9.15 Å². The lowest BCUT2D eigenvalue weighted by Crippen LogP contribution is -1.87. The average Bonchev–Trinajstić information content (AvgIpc) is 3.36. The van der Waals surface area contributed by atoms with E-state index in [0.717, 1.165) is 22.0 Å². The van der Waals surface area contributed by atoms with Crippen molar-refractivity contribution < 1.29 is 13.5 Å². The Hall–Kier alpha value is -2.71. The summed E-state index contributed by atoms with van der Waals surface area (Å²) in [4.78, 5) is 4.67. The molecule has 8 heteroatoms. The molecule has 0 spiro atoms. The average molecular weight is 399 g/mol. The Labute approximate surface area is 163 Å². The molecule has 0 saturated heterocycles. The van der Waals surface area contributed by atoms with Gasteiger partial charge in [-0.25, -0.2) is 9.37 Å². The number of thiazole rings is 1. The lowest BCUT2D eigenvalue weighted by atomic mass is 10.2. The molecule has 0 fully saturated rings. The summed E-state index contributed by atoms with van der Waals surface area (Å²) in [6.07, 6.45) is 0. The van der Waals surface area contributed by atoms with Crippen LogP contribution in [-0.2, 0) is 5.75 Å². The molecule has 136 valence electrons. The molecule has 4 rings (SSSR count). The highest BCUT2D eigenvalue weighted by Crippen LogP contribution is 2.33. The molecule has 0 aliphatic carbocycles. The van der Waals surface area contributed by atoms with Gasteiger partial charge in [0, 0.05) is 16.7 Å². The molecule has 0 atom stereocenters. The monoisotopic (exact) mass is 399 g/mol. The smallest absolute Gasteiger partial charge is 0.277 e. The van der Waals surface area contributed by atoms with Crippen molar-refractivity contribution in [3.8, 4) is 27.8 Å². The molecule has 0 N–H and O–H groups in total. The molecule has 2 aromatic heterocycles. The van der Waals surface area contributed by atoms with Crippen LogP contribution in [0.5, 0.6) is 5.75 Å². The van der Waals surface area contributed by atoms with E-state index in [1.54, 1.807) is 30.6 Å². The van der Waals surface area contributed by atoms with Gasteiger partial charge in [-0.15, -0.1) is 21.5 Å². The van der Waals surface area contributed by atoms with Gasteiger partial charge in [-0.2, -0.15) is 0 Å². The molecule has 0 bridgehead atoms. The van der Waals surface area contributed by atoms with Crippen LogP contribution in [-0.4, -0.2) is 22.3 Å². The molecule has 0 amide bonds. The lowest BCUT2D eigenvalue weighted by molar-refractivity contribution is 0.416. The number of thioether (sulfide) groups is 1. The minimum atomic E-state index is -0.303. The summed E-state index contributed by atoms with van der Waals surface area (Å²) in [5.74, 6) is 1.47. The summed E-state index contributed by atoms with van der Waals surface area (Å²) in [5, 5.41) is 11.4. The summed E-state index contributed by atoms with van der Waals surface area (Å²) in [6.45, 7) is 0. The molecule has 27 heavy (non-hydrogen) atoms. The topological polar surface area (TPSA) is 61.0 Å². The van der Waals surface area contributed by atoms with Gasteiger partial charge in [0.2, 0.25) is 5.89 Å². The summed E-state index contributed by atoms with van der Waals surface area (Å²) >= 11 is 2.97. The van der Waals surface area contributed by atoms with Crippen LogP contribution >= 0.6 is 23.1 Å². The zero-order valence-electron chi connectivity index (χ0n) is 14.3. The number of hydrogen-bond donors (Lipinski definition) is 0. The number of nitrogens with zero attached hydrogens (tertiary/aromatic N) is 3. The molecule has 4 aromatic rings. The SMILES string of the molecule is COc1ccccc1-c1nc(CSc2nnc(-c3ccc(F)cc3)o2)cs1. The van der Waals surface area contributed by atoms with Gasteiger partial charge >= 0.3 is 0 Å². The van der Waals surface area contributed by atoms with Gasteiger partial charge in [0.1, 0.15) is 16.6 Å². The van der Waals surface area contributed by atoms with E-state index in [1.807, 2.05) is 29.6 Å². The van der Waals surface area contributed by atoms with Gasteiger partial charge in [-0.05, 0) is 36.4 Å². The van der Waals surface area contributed by atoms with Gasteiger partial charge in [0.15, 0.2) is 0 Å². The van der Waals surface area contributed by atoms with E-state index in [-0.39, 0.29) is 5.82 Å². The third-order valence-corrected chi connectivity index (χ3v) is 5.51. The first-order valence-corrected chi connectivity index (χ1v) is 9.89. The quantitative estimate of drug-likeness (QED) is 0.410. The van der Waals surface area contributed by atoms with Crippen molar-refractivity contribution in [3.05, 3.63) is 65.4 Å². The molecule has 5 nitrogen and oxygen atoms in total. The van der Waals surface area contributed by atoms with Crippen LogP contribution in [0.2, 0.25) is 0 Å². The van der Waals surface area contributed by atoms with Crippen molar-refractivity contribution in [1.82, 2.24) is 15.2 Å². The minimum Gasteiger partial charge on any atom is -0.496 e. The zero-order valence-corrected chi connectivity index (χ0v) is 15.9. The number of methoxy groups -OCH3 is 1. The number of rotatable bonds is 6. The van der Waals surface area contributed by atoms with Crippen LogP contribution in [0.3, 0.4) is 0 Å². The predicted octanol–water partition coefficient (Wildman–Crippen LogP) is 5.30. The van der Waals surface area contributed by atoms with Crippen LogP contribution < -0.4 is 4.74 Å². The van der Waals surface area contributed by atoms with Crippen LogP contribution in [0.15, 0.2) is 63.6 Å². The highest BCUT2D eigenvalue weighted by molar-refractivity contribution is 7.98. The Bertz CT molecular complexity index is 1050. The van der Waals surface area contributed by atoms with Crippen molar-refractivity contribution in [3.63, 3.8) is 0 Å². The molecule has 0 unspecified atom stereocenters. The summed E-state index contributed by atoms with van der Waals surface area (Å²) < 4.78 is 24.0. The largest absolute Gasteiger partial charge is 0.496 e. The maximum absolute atomic E-state index is 13.0. The van der Waals surface area contributed by atoms with Gasteiger partial charge in [0.25, 0.3) is 5.22 Å². The number of hydrogen-bond acceptors (Lipinski definition) is 7. The maximum atomic E-state index is 13.0. The van der Waals surface area contributed by atoms with E-state index in [0.29, 0.717) is 22.4 Å². The fourth-order valence-electron chi connectivity index (χ4n) is 2.43. The second-order valence-electron chi connectivity index (χ2n) is 5.51. The van der Waals surface area contributed by atoms with E-state index < -0.39 is 0 Å². The summed E-state index contributed by atoms with van der Waals surface area (Å²) in [5.41, 5.74) is 2.58. The van der Waals surface area contributed by atoms with Crippen LogP contribution in [0, 0.1) is 5.82 Å². The number of aromatic nitrogens is 3. The van der Waals surface area contributed by atoms with Crippen LogP contribution in [0.25, 0.3) is 22.0 Å². The number of halogens is 1. The Morgan fingerprint density at radius 2 is 1.93 bits per heavy atom. The fourth-order valence-corrected chi connectivity index (χ4v) is 4.04. The second kappa shape index (κ2) is 7.89. The Kier molecular flexibility index (Phi) is 5.17. The number of benzene rings is 2. The lowest BCUT2D eigenvalue weighted by Gasteiger charge is -2.04. The Morgan fingerprint density at radius 1 is 1.11 bits per heavy atom. The van der Waals surface area contributed by atoms with Crippen molar-refractivity contribution in [2.75, 3.05) is 7.11 Å². The third kappa shape index (κ3) is 4.01. The van der Waals surface area contributed by atoms with Crippen molar-refractivity contribution in [1.29, 1.82) is 0 Å². The first-order chi connectivity index (χ1) is 13.2. The second-order valence-corrected chi connectivity index (χ2v) is 7.30. The van der Waals surface area contributed by atoms with Gasteiger partial charge in [-0.1, -0.05) is 23.9 Å². The highest BCUT2D eigenvalue weighted by atomic mass is 32.2. The Morgan fingerprint density at radius 3 is 2.74 bits per heavy atom. The fraction of sp³-hybridized carbons (Fsp3) is 0.105. The molecule has 0 aliphatic rings. The van der Waals surface area contributed by atoms with E-state index in [2.05, 4.69) is 15.2 Å². The molecule has 2 aromatic carbocycles. The van der Waals surface area contributed by atoms with Gasteiger partial charge in [0.05, 0.1) is 18.4 Å². The molecular formula is C19H14FN3O2S2. The van der Waals surface area contributed by atoms with Crippen LogP contribution in [0.1, 0.15) is 5.69 Å². The maximum Gasteiger partial charge on any atom is 0.277 e. The third-order valence-electron chi connectivity index (χ3n) is 3.73. The molecule has 0 aliphatic heterocycles. The zero-order chi connectivity index (χ0) is 18.6. The van der Waals surface area contributed by atoms with E-state index in [9.17, 15) is 4.39 Å². The van der Waals surface area contributed by atoms with E-state index in [4.69, 9.17) is 9.15 Å². The van der Waals surface area contributed by atoms with Crippen molar-refractivity contribution >= 4 is 23.1 Å². The normalized spacial score (nSPS) is 10.9. The minimum absolute atomic E-state index is 0.303. The predicted molar refractivity (Wildman–Crippen MR) is 103 cm³/mol. The van der Waals surface area contributed by atoms with Crippen molar-refractivity contribution in [2.45, 2.75) is 11.0 Å². The number of para-hydroxylation sites is 1. The van der Waals surface area contributed by atoms with Gasteiger partial charge in [-0.3, -0.25) is 0 Å². The van der Waals surface area contributed by atoms with Crippen molar-refractivity contribution in [2.24, 2.45) is 0 Å². The number of ether oxygens (including phenoxy) is 1. The molecule has 0 radical (unpaired) electrons. The first-order valence-electron chi connectivity index (χ1n) is 8.03. The Balaban J connectivity index is 1.44. The standard InChI is InChI=1S/C19H14FN3O2S2/c1-24-16-5-3-2-4-15(16)18-21-14(10-26-18)11-27-19-23-22-17(25-19)12-6-8-13(20)9-7-12/h2-10H,11H2,1H3. The summed E-state index contributed by atoms with van der Waals surface area (Å²) in [6, 6.07) is 13.7.